The summed E-state index contributed by atoms with van der Waals surface area (Å²) in [5, 5.41) is 0. The van der Waals surface area contributed by atoms with Gasteiger partial charge in [0.05, 0.1) is 4.90 Å². The van der Waals surface area contributed by atoms with E-state index in [1.165, 1.54) is 24.3 Å². The van der Waals surface area contributed by atoms with Crippen molar-refractivity contribution in [2.24, 2.45) is 0 Å². The minimum atomic E-state index is -3.72. The van der Waals surface area contributed by atoms with Crippen molar-refractivity contribution in [1.29, 1.82) is 0 Å². The molecule has 108 valence electrons. The summed E-state index contributed by atoms with van der Waals surface area (Å²) >= 11 is 0. The zero-order valence-electron chi connectivity index (χ0n) is 11.8. The van der Waals surface area contributed by atoms with E-state index in [1.807, 2.05) is 13.8 Å². The summed E-state index contributed by atoms with van der Waals surface area (Å²) < 4.78 is 39.9. The summed E-state index contributed by atoms with van der Waals surface area (Å²) in [6.45, 7) is 5.27. The van der Waals surface area contributed by atoms with Crippen LogP contribution in [0, 0.1) is 12.7 Å². The van der Waals surface area contributed by atoms with E-state index in [1.54, 1.807) is 0 Å². The number of sulfonamides is 1. The number of nitrogens with zero attached hydrogens (tertiary/aromatic N) is 1. The third kappa shape index (κ3) is 3.25. The first kappa shape index (κ1) is 15.9. The maximum atomic E-state index is 13.6. The Morgan fingerprint density at radius 3 is 2.53 bits per heavy atom. The van der Waals surface area contributed by atoms with Crippen molar-refractivity contribution in [2.45, 2.75) is 44.6 Å². The van der Waals surface area contributed by atoms with Crippen molar-refractivity contribution in [2.75, 3.05) is 12.8 Å². The lowest BCUT2D eigenvalue weighted by molar-refractivity contribution is 0.368. The summed E-state index contributed by atoms with van der Waals surface area (Å²) in [5.74, 6) is -0.602. The highest BCUT2D eigenvalue weighted by Gasteiger charge is 2.27. The number of anilines is 1. The van der Waals surface area contributed by atoms with Gasteiger partial charge in [-0.05, 0) is 32.4 Å². The maximum Gasteiger partial charge on any atom is 0.243 e. The van der Waals surface area contributed by atoms with Gasteiger partial charge in [0, 0.05) is 24.3 Å². The smallest absolute Gasteiger partial charge is 0.243 e. The van der Waals surface area contributed by atoms with Crippen LogP contribution in [0.4, 0.5) is 10.1 Å². The second kappa shape index (κ2) is 5.88. The molecule has 0 spiro atoms. The van der Waals surface area contributed by atoms with Crippen LogP contribution in [-0.2, 0) is 10.0 Å². The van der Waals surface area contributed by atoms with Gasteiger partial charge < -0.3 is 5.73 Å². The van der Waals surface area contributed by atoms with Gasteiger partial charge in [-0.1, -0.05) is 13.3 Å². The van der Waals surface area contributed by atoms with Crippen molar-refractivity contribution in [1.82, 2.24) is 4.31 Å². The normalized spacial score (nSPS) is 13.8. The highest BCUT2D eigenvalue weighted by molar-refractivity contribution is 7.89. The van der Waals surface area contributed by atoms with Crippen molar-refractivity contribution in [3.8, 4) is 0 Å². The fraction of sp³-hybridized carbons (Fsp3) is 0.538. The predicted molar refractivity (Wildman–Crippen MR) is 74.9 cm³/mol. The highest BCUT2D eigenvalue weighted by atomic mass is 32.2. The molecule has 0 aliphatic heterocycles. The fourth-order valence-corrected chi connectivity index (χ4v) is 3.59. The Kier molecular flexibility index (Phi) is 4.92. The second-order valence-corrected chi connectivity index (χ2v) is 6.75. The van der Waals surface area contributed by atoms with Gasteiger partial charge in [0.1, 0.15) is 5.82 Å². The molecule has 0 aliphatic carbocycles. The number of nitrogen functional groups attached to an aromatic ring is 1. The Bertz CT molecular complexity index is 558. The Morgan fingerprint density at radius 1 is 1.42 bits per heavy atom. The topological polar surface area (TPSA) is 63.4 Å². The molecule has 0 fully saturated rings. The summed E-state index contributed by atoms with van der Waals surface area (Å²) in [4.78, 5) is -0.0598. The molecule has 2 N–H and O–H groups in total. The molecular weight excluding hydrogens is 267 g/mol. The lowest BCUT2D eigenvalue weighted by Gasteiger charge is -2.25. The zero-order valence-corrected chi connectivity index (χ0v) is 12.6. The molecule has 0 aliphatic rings. The van der Waals surface area contributed by atoms with Crippen LogP contribution in [0.3, 0.4) is 0 Å². The van der Waals surface area contributed by atoms with Gasteiger partial charge in [0.2, 0.25) is 10.0 Å². The van der Waals surface area contributed by atoms with E-state index >= 15 is 0 Å². The van der Waals surface area contributed by atoms with Crippen molar-refractivity contribution >= 4 is 15.7 Å². The molecule has 0 heterocycles. The molecule has 6 heteroatoms. The lowest BCUT2D eigenvalue weighted by atomic mass is 10.2. The first-order valence-electron chi connectivity index (χ1n) is 6.25. The lowest BCUT2D eigenvalue weighted by Crippen LogP contribution is -2.35. The van der Waals surface area contributed by atoms with Gasteiger partial charge in [-0.25, -0.2) is 12.8 Å². The molecule has 0 radical (unpaired) electrons. The molecule has 1 aromatic rings. The third-order valence-corrected chi connectivity index (χ3v) is 5.40. The summed E-state index contributed by atoms with van der Waals surface area (Å²) in [6, 6.07) is 2.30. The fourth-order valence-electron chi connectivity index (χ4n) is 1.93. The quantitative estimate of drug-likeness (QED) is 0.847. The maximum absolute atomic E-state index is 13.6. The van der Waals surface area contributed by atoms with E-state index in [0.717, 1.165) is 18.9 Å². The number of hydrogen-bond acceptors (Lipinski definition) is 3. The van der Waals surface area contributed by atoms with Crippen molar-refractivity contribution in [3.05, 3.63) is 23.5 Å². The molecule has 4 nitrogen and oxygen atoms in total. The van der Waals surface area contributed by atoms with Gasteiger partial charge >= 0.3 is 0 Å². The molecular formula is C13H21FN2O2S. The van der Waals surface area contributed by atoms with Crippen LogP contribution in [0.1, 0.15) is 32.3 Å². The van der Waals surface area contributed by atoms with Crippen LogP contribution in [0.2, 0.25) is 0 Å². The molecule has 1 aromatic carbocycles. The summed E-state index contributed by atoms with van der Waals surface area (Å²) in [6.07, 6.45) is 1.63. The standard InChI is InChI=1S/C13H21FN2O2S/c1-5-6-9(2)16(4)19(17,18)13-8-11(15)7-12(14)10(13)3/h7-9H,5-6,15H2,1-4H3. The SMILES string of the molecule is CCCC(C)N(C)S(=O)(=O)c1cc(N)cc(F)c1C. The van der Waals surface area contributed by atoms with Crippen LogP contribution in [0.5, 0.6) is 0 Å². The predicted octanol–water partition coefficient (Wildman–Crippen LogP) is 2.53. The van der Waals surface area contributed by atoms with E-state index in [4.69, 9.17) is 5.73 Å². The van der Waals surface area contributed by atoms with Crippen molar-refractivity contribution in [3.63, 3.8) is 0 Å². The third-order valence-electron chi connectivity index (χ3n) is 3.30. The number of benzene rings is 1. The zero-order chi connectivity index (χ0) is 14.8. The van der Waals surface area contributed by atoms with Gasteiger partial charge in [0.25, 0.3) is 0 Å². The van der Waals surface area contributed by atoms with Crippen LogP contribution in [0.25, 0.3) is 0 Å². The molecule has 0 saturated carbocycles. The van der Waals surface area contributed by atoms with E-state index in [9.17, 15) is 12.8 Å². The minimum absolute atomic E-state index is 0.0598. The number of rotatable bonds is 5. The Labute approximate surface area is 114 Å². The molecule has 0 amide bonds. The van der Waals surface area contributed by atoms with Crippen LogP contribution in [-0.4, -0.2) is 25.8 Å². The molecule has 1 unspecified atom stereocenters. The molecule has 1 rings (SSSR count). The van der Waals surface area contributed by atoms with Crippen LogP contribution in [0.15, 0.2) is 17.0 Å². The molecule has 19 heavy (non-hydrogen) atoms. The number of hydrogen-bond donors (Lipinski definition) is 1. The summed E-state index contributed by atoms with van der Waals surface area (Å²) in [7, 11) is -2.21. The van der Waals surface area contributed by atoms with Crippen molar-refractivity contribution < 1.29 is 12.8 Å². The van der Waals surface area contributed by atoms with Crippen LogP contribution < -0.4 is 5.73 Å². The Morgan fingerprint density at radius 2 is 2.00 bits per heavy atom. The Hall–Kier alpha value is -1.14. The second-order valence-electron chi connectivity index (χ2n) is 4.78. The summed E-state index contributed by atoms with van der Waals surface area (Å²) in [5.41, 5.74) is 5.75. The highest BCUT2D eigenvalue weighted by Crippen LogP contribution is 2.26. The first-order valence-corrected chi connectivity index (χ1v) is 7.69. The molecule has 0 aromatic heterocycles. The van der Waals surface area contributed by atoms with E-state index in [2.05, 4.69) is 0 Å². The molecule has 0 bridgehead atoms. The molecule has 0 saturated heterocycles. The van der Waals surface area contributed by atoms with Gasteiger partial charge in [-0.15, -0.1) is 0 Å². The number of nitrogens with two attached hydrogens (primary N) is 1. The van der Waals surface area contributed by atoms with Gasteiger partial charge in [-0.2, -0.15) is 4.31 Å². The Balaban J connectivity index is 3.28. The van der Waals surface area contributed by atoms with E-state index in [0.29, 0.717) is 0 Å². The van der Waals surface area contributed by atoms with Crippen LogP contribution >= 0.6 is 0 Å². The minimum Gasteiger partial charge on any atom is -0.399 e. The molecule has 1 atom stereocenters. The average Bonchev–Trinajstić information content (AvgIpc) is 2.32. The number of halogens is 1. The van der Waals surface area contributed by atoms with Gasteiger partial charge in [-0.3, -0.25) is 0 Å². The largest absolute Gasteiger partial charge is 0.399 e. The monoisotopic (exact) mass is 288 g/mol. The van der Waals surface area contributed by atoms with Gasteiger partial charge in [0.15, 0.2) is 0 Å². The first-order chi connectivity index (χ1) is 8.71. The average molecular weight is 288 g/mol. The van der Waals surface area contributed by atoms with E-state index in [-0.39, 0.29) is 22.2 Å². The van der Waals surface area contributed by atoms with E-state index < -0.39 is 15.8 Å².